The second-order valence-corrected chi connectivity index (χ2v) is 4.49. The van der Waals surface area contributed by atoms with Gasteiger partial charge in [-0.15, -0.1) is 0 Å². The van der Waals surface area contributed by atoms with Crippen LogP contribution in [0.15, 0.2) is 0 Å². The molecule has 1 aliphatic heterocycles. The molecular weight excluding hydrogens is 247 g/mol. The summed E-state index contributed by atoms with van der Waals surface area (Å²) in [5.41, 5.74) is 0. The summed E-state index contributed by atoms with van der Waals surface area (Å²) in [6.45, 7) is -0.702. The summed E-state index contributed by atoms with van der Waals surface area (Å²) < 4.78 is 19.2. The fourth-order valence-corrected chi connectivity index (χ4v) is 1.73. The third kappa shape index (κ3) is 3.20. The predicted octanol–water partition coefficient (Wildman–Crippen LogP) is -3.10. The predicted molar refractivity (Wildman–Crippen MR) is 46.9 cm³/mol. The highest BCUT2D eigenvalue weighted by Crippen LogP contribution is 2.40. The van der Waals surface area contributed by atoms with Crippen molar-refractivity contribution in [2.24, 2.45) is 0 Å². The summed E-state index contributed by atoms with van der Waals surface area (Å²) in [5, 5.41) is 36.6. The maximum Gasteiger partial charge on any atom is 0.472 e. The fraction of sp³-hybridized carbons (Fsp3) is 1.00. The van der Waals surface area contributed by atoms with E-state index in [1.807, 2.05) is 0 Å². The quantitative estimate of drug-likeness (QED) is 0.289. The summed E-state index contributed by atoms with van der Waals surface area (Å²) in [6, 6.07) is 0. The lowest BCUT2D eigenvalue weighted by Crippen LogP contribution is -2.58. The molecule has 0 bridgehead atoms. The summed E-state index contributed by atoms with van der Waals surface area (Å²) in [7, 11) is -4.91. The number of aliphatic hydroxyl groups is 4. The molecule has 0 saturated carbocycles. The van der Waals surface area contributed by atoms with Crippen LogP contribution < -0.4 is 0 Å². The van der Waals surface area contributed by atoms with Crippen LogP contribution in [0.4, 0.5) is 0 Å². The van der Waals surface area contributed by atoms with E-state index in [1.54, 1.807) is 0 Å². The molecule has 1 rings (SSSR count). The average Bonchev–Trinajstić information content (AvgIpc) is 2.17. The van der Waals surface area contributed by atoms with Crippen LogP contribution >= 0.6 is 7.82 Å². The first-order chi connectivity index (χ1) is 7.26. The van der Waals surface area contributed by atoms with Gasteiger partial charge in [0.15, 0.2) is 6.29 Å². The molecule has 0 aromatic rings. The molecule has 10 heteroatoms. The first-order valence-corrected chi connectivity index (χ1v) is 5.83. The molecule has 1 aliphatic rings. The molecule has 0 aliphatic carbocycles. The minimum Gasteiger partial charge on any atom is -0.394 e. The maximum absolute atomic E-state index is 10.5. The lowest BCUT2D eigenvalue weighted by Gasteiger charge is -2.39. The van der Waals surface area contributed by atoms with Gasteiger partial charge < -0.3 is 34.9 Å². The smallest absolute Gasteiger partial charge is 0.394 e. The Balaban J connectivity index is 2.75. The molecule has 16 heavy (non-hydrogen) atoms. The van der Waals surface area contributed by atoms with Crippen molar-refractivity contribution in [1.82, 2.24) is 0 Å². The SMILES string of the molecule is O=P(O)(O)O[C@@H]1O[C@@H](CO)[C@@H](O)[C@@H](O)[C@@H]1O. The number of ether oxygens (including phenoxy) is 1. The highest BCUT2D eigenvalue weighted by molar-refractivity contribution is 7.46. The highest BCUT2D eigenvalue weighted by atomic mass is 31.2. The zero-order valence-electron chi connectivity index (χ0n) is 7.95. The molecule has 96 valence electrons. The first-order valence-electron chi connectivity index (χ1n) is 4.30. The molecule has 0 aromatic carbocycles. The van der Waals surface area contributed by atoms with Crippen LogP contribution in [-0.2, 0) is 13.8 Å². The van der Waals surface area contributed by atoms with E-state index < -0.39 is 45.1 Å². The topological polar surface area (TPSA) is 157 Å². The molecule has 6 N–H and O–H groups in total. The van der Waals surface area contributed by atoms with Crippen molar-refractivity contribution in [1.29, 1.82) is 0 Å². The van der Waals surface area contributed by atoms with Crippen LogP contribution in [-0.4, -0.2) is 67.5 Å². The van der Waals surface area contributed by atoms with Crippen molar-refractivity contribution in [3.63, 3.8) is 0 Å². The van der Waals surface area contributed by atoms with Gasteiger partial charge in [0, 0.05) is 0 Å². The molecule has 0 spiro atoms. The standard InChI is InChI=1S/C6H13O9P/c7-1-2-3(8)4(9)5(10)6(14-2)15-16(11,12)13/h2-10H,1H2,(H2,11,12,13)/t2-,3+,4+,5-,6-/m0/s1. The number of rotatable bonds is 3. The Bertz CT molecular complexity index is 275. The van der Waals surface area contributed by atoms with Crippen molar-refractivity contribution >= 4 is 7.82 Å². The monoisotopic (exact) mass is 260 g/mol. The zero-order valence-corrected chi connectivity index (χ0v) is 8.84. The van der Waals surface area contributed by atoms with E-state index in [9.17, 15) is 19.9 Å². The Labute approximate surface area is 90.1 Å². The maximum atomic E-state index is 10.5. The minimum absolute atomic E-state index is 0.702. The number of hydrogen-bond acceptors (Lipinski definition) is 7. The van der Waals surface area contributed by atoms with Gasteiger partial charge in [-0.1, -0.05) is 0 Å². The average molecular weight is 260 g/mol. The summed E-state index contributed by atoms with van der Waals surface area (Å²) in [6.07, 6.45) is -8.25. The van der Waals surface area contributed by atoms with E-state index in [4.69, 9.17) is 14.9 Å². The Morgan fingerprint density at radius 1 is 1.12 bits per heavy atom. The molecule has 1 saturated heterocycles. The Morgan fingerprint density at radius 3 is 2.12 bits per heavy atom. The second kappa shape index (κ2) is 5.05. The van der Waals surface area contributed by atoms with Crippen LogP contribution in [0.3, 0.4) is 0 Å². The minimum atomic E-state index is -4.91. The van der Waals surface area contributed by atoms with Gasteiger partial charge in [0.25, 0.3) is 0 Å². The van der Waals surface area contributed by atoms with E-state index in [2.05, 4.69) is 9.26 Å². The number of hydrogen-bond donors (Lipinski definition) is 6. The molecule has 1 heterocycles. The summed E-state index contributed by atoms with van der Waals surface area (Å²) in [4.78, 5) is 17.0. The van der Waals surface area contributed by atoms with Crippen molar-refractivity contribution in [3.8, 4) is 0 Å². The van der Waals surface area contributed by atoms with Gasteiger partial charge in [-0.3, -0.25) is 4.52 Å². The molecule has 9 nitrogen and oxygen atoms in total. The van der Waals surface area contributed by atoms with Gasteiger partial charge in [0.1, 0.15) is 24.4 Å². The van der Waals surface area contributed by atoms with E-state index in [-0.39, 0.29) is 0 Å². The second-order valence-electron chi connectivity index (χ2n) is 3.29. The van der Waals surface area contributed by atoms with Gasteiger partial charge >= 0.3 is 7.82 Å². The van der Waals surface area contributed by atoms with Crippen LogP contribution in [0, 0.1) is 0 Å². The van der Waals surface area contributed by atoms with E-state index in [0.29, 0.717) is 0 Å². The van der Waals surface area contributed by atoms with Gasteiger partial charge in [0.05, 0.1) is 6.61 Å². The largest absolute Gasteiger partial charge is 0.472 e. The number of aliphatic hydroxyl groups excluding tert-OH is 4. The Hall–Kier alpha value is -0.0900. The lowest BCUT2D eigenvalue weighted by atomic mass is 10.00. The lowest BCUT2D eigenvalue weighted by molar-refractivity contribution is -0.280. The van der Waals surface area contributed by atoms with Crippen molar-refractivity contribution in [2.75, 3.05) is 6.61 Å². The summed E-state index contributed by atoms with van der Waals surface area (Å²) >= 11 is 0. The van der Waals surface area contributed by atoms with E-state index in [0.717, 1.165) is 0 Å². The van der Waals surface area contributed by atoms with Gasteiger partial charge in [0.2, 0.25) is 0 Å². The summed E-state index contributed by atoms with van der Waals surface area (Å²) in [5.74, 6) is 0. The number of phosphoric ester groups is 1. The third-order valence-corrected chi connectivity index (χ3v) is 2.57. The molecule has 1 fully saturated rings. The van der Waals surface area contributed by atoms with Crippen LogP contribution in [0.2, 0.25) is 0 Å². The van der Waals surface area contributed by atoms with Crippen LogP contribution in [0.5, 0.6) is 0 Å². The third-order valence-electron chi connectivity index (χ3n) is 2.09. The van der Waals surface area contributed by atoms with Crippen LogP contribution in [0.1, 0.15) is 0 Å². The molecule has 0 aromatic heterocycles. The molecule has 0 radical (unpaired) electrons. The van der Waals surface area contributed by atoms with Gasteiger partial charge in [-0.25, -0.2) is 4.57 Å². The normalized spacial score (nSPS) is 41.0. The number of phosphoric acid groups is 1. The molecule has 0 unspecified atom stereocenters. The van der Waals surface area contributed by atoms with Crippen molar-refractivity contribution in [2.45, 2.75) is 30.7 Å². The zero-order chi connectivity index (χ0) is 12.5. The highest BCUT2D eigenvalue weighted by Gasteiger charge is 2.46. The Kier molecular flexibility index (Phi) is 4.41. The van der Waals surface area contributed by atoms with Gasteiger partial charge in [-0.05, 0) is 0 Å². The molecule has 5 atom stereocenters. The molecular formula is C6H13O9P. The van der Waals surface area contributed by atoms with Crippen molar-refractivity contribution < 1.29 is 44.0 Å². The Morgan fingerprint density at radius 2 is 1.69 bits per heavy atom. The van der Waals surface area contributed by atoms with E-state index in [1.165, 1.54) is 0 Å². The van der Waals surface area contributed by atoms with Gasteiger partial charge in [-0.2, -0.15) is 0 Å². The van der Waals surface area contributed by atoms with Crippen molar-refractivity contribution in [3.05, 3.63) is 0 Å². The first kappa shape index (κ1) is 14.0. The fourth-order valence-electron chi connectivity index (χ4n) is 1.29. The van der Waals surface area contributed by atoms with Crippen LogP contribution in [0.25, 0.3) is 0 Å². The molecule has 0 amide bonds. The van der Waals surface area contributed by atoms with E-state index >= 15 is 0 Å².